The zero-order chi connectivity index (χ0) is 16.6. The van der Waals surface area contributed by atoms with Crippen molar-refractivity contribution in [3.8, 4) is 11.3 Å². The molecule has 120 valence electrons. The summed E-state index contributed by atoms with van der Waals surface area (Å²) in [5.74, 6) is 0.0402. The van der Waals surface area contributed by atoms with Crippen molar-refractivity contribution in [2.75, 3.05) is 11.2 Å². The van der Waals surface area contributed by atoms with Gasteiger partial charge in [-0.15, -0.1) is 0 Å². The van der Waals surface area contributed by atoms with Crippen LogP contribution in [-0.4, -0.2) is 22.2 Å². The Hall–Kier alpha value is -2.15. The second-order valence-electron chi connectivity index (χ2n) is 5.42. The van der Waals surface area contributed by atoms with E-state index in [1.807, 2.05) is 44.4 Å². The number of aromatic amines is 1. The van der Waals surface area contributed by atoms with Gasteiger partial charge >= 0.3 is 11.3 Å². The average molecular weight is 331 g/mol. The molecule has 0 spiro atoms. The number of hydrogen-bond acceptors (Lipinski definition) is 4. The zero-order valence-corrected chi connectivity index (χ0v) is 14.2. The maximum Gasteiger partial charge on any atom is 0.325 e. The fraction of sp³-hybridized carbons (Fsp3) is 0.375. The quantitative estimate of drug-likeness (QED) is 0.691. The molecule has 0 radical (unpaired) electrons. The summed E-state index contributed by atoms with van der Waals surface area (Å²) >= 11 is 1.37. The first-order chi connectivity index (χ1) is 11.1. The van der Waals surface area contributed by atoms with Gasteiger partial charge in [-0.2, -0.15) is 0 Å². The third-order valence-corrected chi connectivity index (χ3v) is 4.51. The summed E-state index contributed by atoms with van der Waals surface area (Å²) in [5, 5.41) is 5.03. The Morgan fingerprint density at radius 2 is 2.17 bits per heavy atom. The molecule has 1 N–H and O–H groups in total. The molecule has 1 aromatic heterocycles. The molecule has 1 amide bonds. The Morgan fingerprint density at radius 3 is 2.87 bits per heavy atom. The van der Waals surface area contributed by atoms with E-state index in [-0.39, 0.29) is 17.6 Å². The number of hydrogen-bond donors (Lipinski definition) is 1. The van der Waals surface area contributed by atoms with Crippen LogP contribution >= 0.6 is 11.8 Å². The SMILES string of the molecule is CCCC(=O)N1c2ccccc2-c2c(=O)[nH]c(SC)n[n+]2C1C. The van der Waals surface area contributed by atoms with E-state index < -0.39 is 0 Å². The molecule has 0 fully saturated rings. The van der Waals surface area contributed by atoms with Crippen LogP contribution in [0.5, 0.6) is 0 Å². The largest absolute Gasteiger partial charge is 0.325 e. The van der Waals surface area contributed by atoms with Crippen molar-refractivity contribution in [2.45, 2.75) is 38.0 Å². The molecule has 1 atom stereocenters. The van der Waals surface area contributed by atoms with Gasteiger partial charge in [0.2, 0.25) is 11.1 Å². The smallest absolute Gasteiger partial charge is 0.291 e. The maximum atomic E-state index is 12.6. The number of amides is 1. The number of anilines is 1. The molecule has 7 heteroatoms. The van der Waals surface area contributed by atoms with Crippen molar-refractivity contribution >= 4 is 23.4 Å². The molecule has 2 aromatic rings. The molecule has 1 aromatic carbocycles. The third-order valence-electron chi connectivity index (χ3n) is 3.94. The fourth-order valence-corrected chi connectivity index (χ4v) is 3.28. The molecule has 23 heavy (non-hydrogen) atoms. The van der Waals surface area contributed by atoms with Gasteiger partial charge < -0.3 is 0 Å². The Balaban J connectivity index is 2.26. The molecule has 2 heterocycles. The highest BCUT2D eigenvalue weighted by Gasteiger charge is 2.41. The second-order valence-corrected chi connectivity index (χ2v) is 6.21. The predicted molar refractivity (Wildman–Crippen MR) is 89.4 cm³/mol. The van der Waals surface area contributed by atoms with E-state index >= 15 is 0 Å². The lowest BCUT2D eigenvalue weighted by atomic mass is 10.0. The van der Waals surface area contributed by atoms with Crippen LogP contribution < -0.4 is 15.1 Å². The van der Waals surface area contributed by atoms with Crippen LogP contribution in [0.4, 0.5) is 5.69 Å². The lowest BCUT2D eigenvalue weighted by Gasteiger charge is -2.30. The topological polar surface area (TPSA) is 69.9 Å². The minimum Gasteiger partial charge on any atom is -0.291 e. The summed E-state index contributed by atoms with van der Waals surface area (Å²) in [7, 11) is 0. The van der Waals surface area contributed by atoms with Crippen LogP contribution in [0.2, 0.25) is 0 Å². The van der Waals surface area contributed by atoms with Crippen molar-refractivity contribution in [3.05, 3.63) is 34.6 Å². The number of thioether (sulfide) groups is 1. The molecule has 3 rings (SSSR count). The Bertz CT molecular complexity index is 818. The highest BCUT2D eigenvalue weighted by molar-refractivity contribution is 7.98. The first-order valence-corrected chi connectivity index (χ1v) is 8.82. The van der Waals surface area contributed by atoms with E-state index in [9.17, 15) is 9.59 Å². The molecule has 0 bridgehead atoms. The van der Waals surface area contributed by atoms with Crippen LogP contribution in [0, 0.1) is 0 Å². The number of rotatable bonds is 3. The predicted octanol–water partition coefficient (Wildman–Crippen LogP) is 2.11. The van der Waals surface area contributed by atoms with Gasteiger partial charge in [-0.3, -0.25) is 19.5 Å². The molecule has 6 nitrogen and oxygen atoms in total. The maximum absolute atomic E-state index is 12.6. The van der Waals surface area contributed by atoms with E-state index in [4.69, 9.17) is 0 Å². The number of carbonyl (C=O) groups is 1. The summed E-state index contributed by atoms with van der Waals surface area (Å²) in [5.41, 5.74) is 1.80. The summed E-state index contributed by atoms with van der Waals surface area (Å²) in [4.78, 5) is 29.7. The first kappa shape index (κ1) is 15.7. The average Bonchev–Trinajstić information content (AvgIpc) is 2.55. The van der Waals surface area contributed by atoms with Crippen molar-refractivity contribution in [3.63, 3.8) is 0 Å². The van der Waals surface area contributed by atoms with Gasteiger partial charge in [0, 0.05) is 18.4 Å². The minimum absolute atomic E-state index is 0.0402. The Morgan fingerprint density at radius 1 is 1.43 bits per heavy atom. The highest BCUT2D eigenvalue weighted by Crippen LogP contribution is 2.34. The molecule has 1 aliphatic heterocycles. The number of H-pyrrole nitrogens is 1. The van der Waals surface area contributed by atoms with Crippen LogP contribution in [0.15, 0.2) is 34.2 Å². The standard InChI is InChI=1S/C16H18N4O2S/c1-4-7-13(21)19-10(2)20-14(11-8-5-6-9-12(11)19)15(22)17-16(18-20)23-3/h5-6,8-10H,4,7H2,1-3H3/p+1. The molecule has 0 aliphatic carbocycles. The van der Waals surface area contributed by atoms with Gasteiger partial charge in [0.1, 0.15) is 0 Å². The summed E-state index contributed by atoms with van der Waals surface area (Å²) in [6.45, 7) is 3.87. The lowest BCUT2D eigenvalue weighted by Crippen LogP contribution is -2.59. The fourth-order valence-electron chi connectivity index (χ4n) is 2.91. The number of benzene rings is 1. The molecule has 0 saturated heterocycles. The van der Waals surface area contributed by atoms with Gasteiger partial charge in [-0.05, 0) is 24.8 Å². The van der Waals surface area contributed by atoms with E-state index in [2.05, 4.69) is 10.1 Å². The molecular formula is C16H19N4O2S+. The molecular weight excluding hydrogens is 312 g/mol. The van der Waals surface area contributed by atoms with E-state index in [1.165, 1.54) is 11.8 Å². The molecule has 1 aliphatic rings. The van der Waals surface area contributed by atoms with Gasteiger partial charge in [0.15, 0.2) is 0 Å². The van der Waals surface area contributed by atoms with Crippen LogP contribution in [0.25, 0.3) is 11.3 Å². The van der Waals surface area contributed by atoms with Gasteiger partial charge in [0.05, 0.1) is 11.3 Å². The zero-order valence-electron chi connectivity index (χ0n) is 13.4. The molecule has 1 unspecified atom stereocenters. The van der Waals surface area contributed by atoms with Crippen molar-refractivity contribution in [1.29, 1.82) is 0 Å². The number of nitrogens with one attached hydrogen (secondary N) is 1. The number of aromatic nitrogens is 3. The molecule has 0 saturated carbocycles. The second kappa shape index (κ2) is 6.16. The summed E-state index contributed by atoms with van der Waals surface area (Å²) in [6.07, 6.45) is 2.76. The van der Waals surface area contributed by atoms with E-state index in [0.717, 1.165) is 17.7 Å². The van der Waals surface area contributed by atoms with Gasteiger partial charge in [-0.1, -0.05) is 35.5 Å². The Labute approximate surface area is 138 Å². The third kappa shape index (κ3) is 2.55. The van der Waals surface area contributed by atoms with Crippen molar-refractivity contribution in [1.82, 2.24) is 10.1 Å². The number of nitrogens with zero attached hydrogens (tertiary/aromatic N) is 3. The van der Waals surface area contributed by atoms with Gasteiger partial charge in [0.25, 0.3) is 6.17 Å². The number of fused-ring (bicyclic) bond motifs is 3. The number of carbonyl (C=O) groups excluding carboxylic acids is 1. The van der Waals surface area contributed by atoms with Crippen LogP contribution in [-0.2, 0) is 4.79 Å². The van der Waals surface area contributed by atoms with Gasteiger partial charge in [-0.25, -0.2) is 0 Å². The first-order valence-electron chi connectivity index (χ1n) is 7.60. The Kier molecular flexibility index (Phi) is 4.21. The van der Waals surface area contributed by atoms with Crippen LogP contribution in [0.1, 0.15) is 32.9 Å². The summed E-state index contributed by atoms with van der Waals surface area (Å²) in [6, 6.07) is 7.48. The van der Waals surface area contributed by atoms with E-state index in [0.29, 0.717) is 17.3 Å². The minimum atomic E-state index is -0.341. The number of para-hydroxylation sites is 1. The highest BCUT2D eigenvalue weighted by atomic mass is 32.2. The lowest BCUT2D eigenvalue weighted by molar-refractivity contribution is -0.768. The monoisotopic (exact) mass is 331 g/mol. The van der Waals surface area contributed by atoms with E-state index in [1.54, 1.807) is 9.58 Å². The summed E-state index contributed by atoms with van der Waals surface area (Å²) < 4.78 is 1.65. The van der Waals surface area contributed by atoms with Crippen LogP contribution in [0.3, 0.4) is 0 Å². The van der Waals surface area contributed by atoms with Crippen molar-refractivity contribution in [2.24, 2.45) is 0 Å². The van der Waals surface area contributed by atoms with Crippen molar-refractivity contribution < 1.29 is 9.48 Å². The normalized spacial score (nSPS) is 16.0.